The Kier molecular flexibility index (Phi) is 4.50. The monoisotopic (exact) mass is 318 g/mol. The highest BCUT2D eigenvalue weighted by Crippen LogP contribution is 2.28. The summed E-state index contributed by atoms with van der Waals surface area (Å²) in [6.45, 7) is 1.68. The van der Waals surface area contributed by atoms with E-state index in [4.69, 9.17) is 23.2 Å². The molecule has 1 fully saturated rings. The second-order valence-corrected chi connectivity index (χ2v) is 5.49. The Morgan fingerprint density at radius 1 is 1.45 bits per heavy atom. The van der Waals surface area contributed by atoms with Gasteiger partial charge in [0.25, 0.3) is 0 Å². The molecular formula is C13H13Cl2FN2O2. The zero-order valence-electron chi connectivity index (χ0n) is 10.7. The molecule has 2 N–H and O–H groups in total. The molecule has 2 atom stereocenters. The zero-order valence-corrected chi connectivity index (χ0v) is 12.2. The molecule has 0 saturated carbocycles. The summed E-state index contributed by atoms with van der Waals surface area (Å²) in [5.74, 6) is -1.05. The molecule has 1 heterocycles. The number of halogens is 3. The molecule has 0 bridgehead atoms. The Balaban J connectivity index is 2.08. The highest BCUT2D eigenvalue weighted by molar-refractivity contribution is 6.35. The van der Waals surface area contributed by atoms with Crippen molar-refractivity contribution in [1.82, 2.24) is 10.6 Å². The highest BCUT2D eigenvalue weighted by Gasteiger charge is 2.28. The Labute approximate surface area is 125 Å². The Morgan fingerprint density at radius 2 is 2.15 bits per heavy atom. The molecule has 0 aliphatic carbocycles. The van der Waals surface area contributed by atoms with E-state index in [1.807, 2.05) is 0 Å². The molecule has 20 heavy (non-hydrogen) atoms. The van der Waals surface area contributed by atoms with Gasteiger partial charge in [-0.15, -0.1) is 0 Å². The van der Waals surface area contributed by atoms with Crippen LogP contribution in [0.3, 0.4) is 0 Å². The number of nitrogens with one attached hydrogen (secondary N) is 2. The Hall–Kier alpha value is -1.33. The number of carbonyl (C=O) groups is 2. The predicted octanol–water partition coefficient (Wildman–Crippen LogP) is 2.59. The van der Waals surface area contributed by atoms with Gasteiger partial charge in [-0.05, 0) is 31.0 Å². The van der Waals surface area contributed by atoms with Crippen LogP contribution in [-0.4, -0.2) is 17.9 Å². The van der Waals surface area contributed by atoms with Gasteiger partial charge in [0.05, 0.1) is 11.1 Å². The second-order valence-electron chi connectivity index (χ2n) is 4.68. The minimum atomic E-state index is -0.596. The molecule has 1 saturated heterocycles. The number of benzene rings is 1. The number of amides is 2. The van der Waals surface area contributed by atoms with E-state index in [1.54, 1.807) is 6.92 Å². The van der Waals surface area contributed by atoms with Gasteiger partial charge < -0.3 is 10.6 Å². The van der Waals surface area contributed by atoms with Crippen molar-refractivity contribution in [3.05, 3.63) is 33.6 Å². The third-order valence-electron chi connectivity index (χ3n) is 3.18. The van der Waals surface area contributed by atoms with E-state index in [2.05, 4.69) is 10.6 Å². The number of hydrogen-bond acceptors (Lipinski definition) is 2. The van der Waals surface area contributed by atoms with Crippen LogP contribution in [0.4, 0.5) is 4.39 Å². The maximum Gasteiger partial charge on any atom is 0.243 e. The summed E-state index contributed by atoms with van der Waals surface area (Å²) in [6, 6.07) is 1.47. The third kappa shape index (κ3) is 3.22. The van der Waals surface area contributed by atoms with Gasteiger partial charge in [-0.3, -0.25) is 9.59 Å². The van der Waals surface area contributed by atoms with Crippen LogP contribution in [0.15, 0.2) is 12.1 Å². The van der Waals surface area contributed by atoms with Crippen LogP contribution in [0.25, 0.3) is 0 Å². The lowest BCUT2D eigenvalue weighted by Gasteiger charge is -2.18. The molecule has 0 spiro atoms. The van der Waals surface area contributed by atoms with Crippen molar-refractivity contribution < 1.29 is 14.0 Å². The SMILES string of the molecule is CC(NC(=O)C1CCC(=O)N1)c1cc(F)c(Cl)cc1Cl. The standard InChI is InChI=1S/C13H13Cl2FN2O2/c1-6(7-4-10(16)9(15)5-8(7)14)17-13(20)11-2-3-12(19)18-11/h4-6,11H,2-3H2,1H3,(H,17,20)(H,18,19). The average molecular weight is 319 g/mol. The lowest BCUT2D eigenvalue weighted by atomic mass is 10.1. The molecule has 0 aromatic heterocycles. The summed E-state index contributed by atoms with van der Waals surface area (Å²) >= 11 is 11.6. The van der Waals surface area contributed by atoms with Crippen molar-refractivity contribution in [3.63, 3.8) is 0 Å². The van der Waals surface area contributed by atoms with Crippen LogP contribution >= 0.6 is 23.2 Å². The van der Waals surface area contributed by atoms with Crippen LogP contribution in [-0.2, 0) is 9.59 Å². The number of hydrogen-bond donors (Lipinski definition) is 2. The van der Waals surface area contributed by atoms with Crippen LogP contribution in [0, 0.1) is 5.82 Å². The lowest BCUT2D eigenvalue weighted by molar-refractivity contribution is -0.126. The van der Waals surface area contributed by atoms with Gasteiger partial charge in [0, 0.05) is 11.4 Å². The van der Waals surface area contributed by atoms with Gasteiger partial charge in [-0.25, -0.2) is 4.39 Å². The summed E-state index contributed by atoms with van der Waals surface area (Å²) in [4.78, 5) is 23.0. The Bertz CT molecular complexity index is 566. The highest BCUT2D eigenvalue weighted by atomic mass is 35.5. The maximum absolute atomic E-state index is 13.4. The van der Waals surface area contributed by atoms with Crippen molar-refractivity contribution >= 4 is 35.0 Å². The first-order valence-electron chi connectivity index (χ1n) is 6.12. The summed E-state index contributed by atoms with van der Waals surface area (Å²) in [5, 5.41) is 5.47. The molecule has 1 aliphatic heterocycles. The average Bonchev–Trinajstić information content (AvgIpc) is 2.80. The first kappa shape index (κ1) is 15.1. The molecule has 2 unspecified atom stereocenters. The van der Waals surface area contributed by atoms with E-state index in [-0.39, 0.29) is 21.9 Å². The summed E-state index contributed by atoms with van der Waals surface area (Å²) < 4.78 is 13.4. The fourth-order valence-corrected chi connectivity index (χ4v) is 2.62. The minimum absolute atomic E-state index is 0.0691. The van der Waals surface area contributed by atoms with Gasteiger partial charge in [-0.2, -0.15) is 0 Å². The molecule has 4 nitrogen and oxygen atoms in total. The fraction of sp³-hybridized carbons (Fsp3) is 0.385. The summed E-state index contributed by atoms with van der Waals surface area (Å²) in [5.41, 5.74) is 0.436. The fourth-order valence-electron chi connectivity index (χ4n) is 2.07. The molecule has 1 aromatic rings. The second kappa shape index (κ2) is 5.97. The smallest absolute Gasteiger partial charge is 0.243 e. The molecule has 2 rings (SSSR count). The van der Waals surface area contributed by atoms with E-state index in [0.717, 1.165) is 0 Å². The molecule has 1 aromatic carbocycles. The van der Waals surface area contributed by atoms with E-state index in [0.29, 0.717) is 18.4 Å². The molecule has 108 valence electrons. The summed E-state index contributed by atoms with van der Waals surface area (Å²) in [7, 11) is 0. The zero-order chi connectivity index (χ0) is 14.9. The normalized spacial score (nSPS) is 19.6. The molecule has 2 amide bonds. The van der Waals surface area contributed by atoms with Crippen LogP contribution in [0.1, 0.15) is 31.4 Å². The van der Waals surface area contributed by atoms with E-state index in [9.17, 15) is 14.0 Å². The topological polar surface area (TPSA) is 58.2 Å². The number of rotatable bonds is 3. The third-order valence-corrected chi connectivity index (χ3v) is 3.79. The van der Waals surface area contributed by atoms with Gasteiger partial charge in [0.15, 0.2) is 0 Å². The molecule has 0 radical (unpaired) electrons. The van der Waals surface area contributed by atoms with Crippen molar-refractivity contribution in [3.8, 4) is 0 Å². The van der Waals surface area contributed by atoms with Gasteiger partial charge in [0.2, 0.25) is 11.8 Å². The van der Waals surface area contributed by atoms with E-state index < -0.39 is 17.9 Å². The molecule has 7 heteroatoms. The van der Waals surface area contributed by atoms with Crippen LogP contribution in [0.2, 0.25) is 10.0 Å². The van der Waals surface area contributed by atoms with E-state index >= 15 is 0 Å². The first-order chi connectivity index (χ1) is 9.38. The minimum Gasteiger partial charge on any atom is -0.348 e. The Morgan fingerprint density at radius 3 is 2.75 bits per heavy atom. The maximum atomic E-state index is 13.4. The number of carbonyl (C=O) groups excluding carboxylic acids is 2. The van der Waals surface area contributed by atoms with Crippen molar-refractivity contribution in [2.24, 2.45) is 0 Å². The van der Waals surface area contributed by atoms with Gasteiger partial charge in [0.1, 0.15) is 11.9 Å². The molecule has 1 aliphatic rings. The van der Waals surface area contributed by atoms with Crippen molar-refractivity contribution in [1.29, 1.82) is 0 Å². The van der Waals surface area contributed by atoms with Gasteiger partial charge >= 0.3 is 0 Å². The van der Waals surface area contributed by atoms with Crippen molar-refractivity contribution in [2.75, 3.05) is 0 Å². The molecular weight excluding hydrogens is 306 g/mol. The summed E-state index contributed by atoms with van der Waals surface area (Å²) in [6.07, 6.45) is 0.795. The van der Waals surface area contributed by atoms with Gasteiger partial charge in [-0.1, -0.05) is 23.2 Å². The lowest BCUT2D eigenvalue weighted by Crippen LogP contribution is -2.42. The van der Waals surface area contributed by atoms with Crippen LogP contribution in [0.5, 0.6) is 0 Å². The first-order valence-corrected chi connectivity index (χ1v) is 6.88. The predicted molar refractivity (Wildman–Crippen MR) is 74.1 cm³/mol. The van der Waals surface area contributed by atoms with Crippen LogP contribution < -0.4 is 10.6 Å². The quantitative estimate of drug-likeness (QED) is 0.842. The van der Waals surface area contributed by atoms with Crippen molar-refractivity contribution in [2.45, 2.75) is 31.8 Å². The van der Waals surface area contributed by atoms with E-state index in [1.165, 1.54) is 12.1 Å². The largest absolute Gasteiger partial charge is 0.348 e.